The standard InChI is InChI=1S/C15H22N2O.ClH/c16-14-11-7-6-10-13(14)15(18)17-12-8-4-2-1-3-5-9-12;/h6-7,10-12H,1-5,8-9,16H2,(H,17,18);1H. The van der Waals surface area contributed by atoms with E-state index in [4.69, 9.17) is 5.73 Å². The number of carbonyl (C=O) groups excluding carboxylic acids is 1. The molecule has 3 nitrogen and oxygen atoms in total. The van der Waals surface area contributed by atoms with E-state index in [0.717, 1.165) is 12.8 Å². The quantitative estimate of drug-likeness (QED) is 0.815. The highest BCUT2D eigenvalue weighted by atomic mass is 35.5. The fraction of sp³-hybridized carbons (Fsp3) is 0.533. The minimum absolute atomic E-state index is 0. The Labute approximate surface area is 121 Å². The van der Waals surface area contributed by atoms with E-state index >= 15 is 0 Å². The lowest BCUT2D eigenvalue weighted by Crippen LogP contribution is -2.35. The van der Waals surface area contributed by atoms with Gasteiger partial charge in [-0.05, 0) is 25.0 Å². The van der Waals surface area contributed by atoms with Gasteiger partial charge in [-0.25, -0.2) is 0 Å². The molecule has 1 aromatic rings. The molecule has 2 rings (SSSR count). The van der Waals surface area contributed by atoms with E-state index in [2.05, 4.69) is 5.32 Å². The van der Waals surface area contributed by atoms with Gasteiger partial charge < -0.3 is 11.1 Å². The second-order valence-electron chi connectivity index (χ2n) is 5.10. The number of anilines is 1. The van der Waals surface area contributed by atoms with Crippen molar-refractivity contribution in [1.29, 1.82) is 0 Å². The number of carbonyl (C=O) groups is 1. The van der Waals surface area contributed by atoms with E-state index in [1.807, 2.05) is 12.1 Å². The van der Waals surface area contributed by atoms with Crippen molar-refractivity contribution in [1.82, 2.24) is 5.32 Å². The van der Waals surface area contributed by atoms with Gasteiger partial charge in [0.05, 0.1) is 5.56 Å². The summed E-state index contributed by atoms with van der Waals surface area (Å²) >= 11 is 0. The van der Waals surface area contributed by atoms with Crippen LogP contribution in [0.15, 0.2) is 24.3 Å². The van der Waals surface area contributed by atoms with E-state index in [-0.39, 0.29) is 18.3 Å². The van der Waals surface area contributed by atoms with Gasteiger partial charge in [0.15, 0.2) is 0 Å². The highest BCUT2D eigenvalue weighted by Crippen LogP contribution is 2.18. The maximum absolute atomic E-state index is 12.1. The van der Waals surface area contributed by atoms with Crippen LogP contribution in [0.5, 0.6) is 0 Å². The molecule has 106 valence electrons. The Morgan fingerprint density at radius 2 is 1.63 bits per heavy atom. The van der Waals surface area contributed by atoms with Crippen LogP contribution in [-0.2, 0) is 0 Å². The lowest BCUT2D eigenvalue weighted by Gasteiger charge is -2.21. The van der Waals surface area contributed by atoms with Gasteiger partial charge in [0.2, 0.25) is 0 Å². The van der Waals surface area contributed by atoms with Crippen LogP contribution in [0.3, 0.4) is 0 Å². The average molecular weight is 283 g/mol. The number of para-hydroxylation sites is 1. The summed E-state index contributed by atoms with van der Waals surface area (Å²) in [5.74, 6) is -0.0290. The number of rotatable bonds is 2. The zero-order valence-corrected chi connectivity index (χ0v) is 12.0. The Balaban J connectivity index is 0.00000180. The van der Waals surface area contributed by atoms with Crippen molar-refractivity contribution in [2.45, 2.75) is 51.0 Å². The number of hydrogen-bond donors (Lipinski definition) is 2. The lowest BCUT2D eigenvalue weighted by molar-refractivity contribution is 0.0931. The minimum Gasteiger partial charge on any atom is -0.398 e. The Morgan fingerprint density at radius 3 is 2.26 bits per heavy atom. The topological polar surface area (TPSA) is 55.1 Å². The molecular formula is C15H23ClN2O. The molecule has 0 radical (unpaired) electrons. The molecule has 3 N–H and O–H groups in total. The molecule has 0 aromatic heterocycles. The molecule has 1 fully saturated rings. The number of amides is 1. The van der Waals surface area contributed by atoms with E-state index < -0.39 is 0 Å². The largest absolute Gasteiger partial charge is 0.398 e. The molecule has 4 heteroatoms. The zero-order chi connectivity index (χ0) is 12.8. The second kappa shape index (κ2) is 8.05. The average Bonchev–Trinajstić information content (AvgIpc) is 2.33. The molecule has 0 aliphatic heterocycles. The molecule has 1 aliphatic carbocycles. The third-order valence-corrected chi connectivity index (χ3v) is 3.65. The summed E-state index contributed by atoms with van der Waals surface area (Å²) in [6.45, 7) is 0. The van der Waals surface area contributed by atoms with Gasteiger partial charge in [-0.2, -0.15) is 0 Å². The lowest BCUT2D eigenvalue weighted by atomic mass is 9.96. The van der Waals surface area contributed by atoms with Gasteiger partial charge in [-0.15, -0.1) is 12.4 Å². The third-order valence-electron chi connectivity index (χ3n) is 3.65. The van der Waals surface area contributed by atoms with Crippen LogP contribution in [0.1, 0.15) is 55.3 Å². The number of nitrogens with two attached hydrogens (primary N) is 1. The first kappa shape index (κ1) is 15.8. The van der Waals surface area contributed by atoms with Crippen molar-refractivity contribution in [2.24, 2.45) is 0 Å². The highest BCUT2D eigenvalue weighted by Gasteiger charge is 2.16. The number of halogens is 1. The van der Waals surface area contributed by atoms with Gasteiger partial charge in [0.1, 0.15) is 0 Å². The van der Waals surface area contributed by atoms with Crippen molar-refractivity contribution < 1.29 is 4.79 Å². The molecule has 1 amide bonds. The predicted molar refractivity (Wildman–Crippen MR) is 81.7 cm³/mol. The molecule has 0 saturated heterocycles. The number of hydrogen-bond acceptors (Lipinski definition) is 2. The maximum Gasteiger partial charge on any atom is 0.253 e. The first-order chi connectivity index (χ1) is 8.77. The van der Waals surface area contributed by atoms with Crippen LogP contribution in [0.2, 0.25) is 0 Å². The molecule has 1 saturated carbocycles. The summed E-state index contributed by atoms with van der Waals surface area (Å²) in [6.07, 6.45) is 8.55. The van der Waals surface area contributed by atoms with Crippen molar-refractivity contribution in [3.63, 3.8) is 0 Å². The number of nitrogens with one attached hydrogen (secondary N) is 1. The van der Waals surface area contributed by atoms with Gasteiger partial charge in [0.25, 0.3) is 5.91 Å². The molecule has 0 unspecified atom stereocenters. The van der Waals surface area contributed by atoms with Gasteiger partial charge in [0, 0.05) is 11.7 Å². The third kappa shape index (κ3) is 4.75. The fourth-order valence-corrected chi connectivity index (χ4v) is 2.57. The Hall–Kier alpha value is -1.22. The second-order valence-corrected chi connectivity index (χ2v) is 5.10. The van der Waals surface area contributed by atoms with Gasteiger partial charge in [-0.1, -0.05) is 44.2 Å². The molecule has 1 aromatic carbocycles. The summed E-state index contributed by atoms with van der Waals surface area (Å²) in [5, 5.41) is 3.12. The van der Waals surface area contributed by atoms with E-state index in [1.165, 1.54) is 32.1 Å². The molecule has 0 bridgehead atoms. The zero-order valence-electron chi connectivity index (χ0n) is 11.2. The summed E-state index contributed by atoms with van der Waals surface area (Å²) in [5.41, 5.74) is 6.97. The monoisotopic (exact) mass is 282 g/mol. The minimum atomic E-state index is -0.0290. The predicted octanol–water partition coefficient (Wildman–Crippen LogP) is 3.53. The SMILES string of the molecule is Cl.Nc1ccccc1C(=O)NC1CCCCCCC1. The van der Waals surface area contributed by atoms with Crippen LogP contribution in [-0.4, -0.2) is 11.9 Å². The molecule has 0 spiro atoms. The van der Waals surface area contributed by atoms with E-state index in [0.29, 0.717) is 17.3 Å². The molecule has 1 aliphatic rings. The molecule has 19 heavy (non-hydrogen) atoms. The van der Waals surface area contributed by atoms with Crippen LogP contribution >= 0.6 is 12.4 Å². The summed E-state index contributed by atoms with van der Waals surface area (Å²) in [4.78, 5) is 12.1. The van der Waals surface area contributed by atoms with Crippen molar-refractivity contribution in [3.05, 3.63) is 29.8 Å². The van der Waals surface area contributed by atoms with Crippen molar-refractivity contribution in [2.75, 3.05) is 5.73 Å². The van der Waals surface area contributed by atoms with Crippen LogP contribution < -0.4 is 11.1 Å². The van der Waals surface area contributed by atoms with Crippen molar-refractivity contribution in [3.8, 4) is 0 Å². The van der Waals surface area contributed by atoms with Crippen LogP contribution in [0, 0.1) is 0 Å². The number of nitrogen functional groups attached to an aromatic ring is 1. The Kier molecular flexibility index (Phi) is 6.71. The highest BCUT2D eigenvalue weighted by molar-refractivity contribution is 5.99. The van der Waals surface area contributed by atoms with Gasteiger partial charge >= 0.3 is 0 Å². The maximum atomic E-state index is 12.1. The van der Waals surface area contributed by atoms with Crippen LogP contribution in [0.25, 0.3) is 0 Å². The normalized spacial score (nSPS) is 16.8. The molecule has 0 heterocycles. The first-order valence-corrected chi connectivity index (χ1v) is 6.93. The summed E-state index contributed by atoms with van der Waals surface area (Å²) in [6, 6.07) is 7.57. The Morgan fingerprint density at radius 1 is 1.05 bits per heavy atom. The summed E-state index contributed by atoms with van der Waals surface area (Å²) in [7, 11) is 0. The van der Waals surface area contributed by atoms with Crippen molar-refractivity contribution >= 4 is 24.0 Å². The Bertz CT molecular complexity index is 401. The van der Waals surface area contributed by atoms with Gasteiger partial charge in [-0.3, -0.25) is 4.79 Å². The summed E-state index contributed by atoms with van der Waals surface area (Å²) < 4.78 is 0. The first-order valence-electron chi connectivity index (χ1n) is 6.93. The number of benzene rings is 1. The molecule has 0 atom stereocenters. The fourth-order valence-electron chi connectivity index (χ4n) is 2.57. The van der Waals surface area contributed by atoms with E-state index in [9.17, 15) is 4.79 Å². The molecular weight excluding hydrogens is 260 g/mol. The van der Waals surface area contributed by atoms with Crippen LogP contribution in [0.4, 0.5) is 5.69 Å². The van der Waals surface area contributed by atoms with E-state index in [1.54, 1.807) is 12.1 Å². The smallest absolute Gasteiger partial charge is 0.253 e.